The Morgan fingerprint density at radius 3 is 0.754 bits per heavy atom. The summed E-state index contributed by atoms with van der Waals surface area (Å²) in [5, 5.41) is 18.2. The molecule has 0 saturated carbocycles. The first kappa shape index (κ1) is 64.2. The smallest absolute Gasteiger partial charge is 1.00 e. The summed E-state index contributed by atoms with van der Waals surface area (Å²) in [6.07, 6.45) is 59.3. The molecule has 2 N–H and O–H groups in total. The molecule has 0 aromatic carbocycles. The number of aliphatic hydroxyl groups excluding tert-OH is 1. The molecule has 0 amide bonds. The van der Waals surface area contributed by atoms with Crippen molar-refractivity contribution in [3.8, 4) is 0 Å². The Hall–Kier alpha value is 0.560. The molecule has 57 heavy (non-hydrogen) atoms. The quantitative estimate of drug-likeness (QED) is 0.0475. The van der Waals surface area contributed by atoms with Crippen molar-refractivity contribution in [1.29, 1.82) is 0 Å². The molecule has 5 heteroatoms. The van der Waals surface area contributed by atoms with Crippen molar-refractivity contribution >= 4 is 23.3 Å². The molecule has 0 aliphatic heterocycles. The number of unbranched alkanes of at least 4 members (excludes halogenated alkanes) is 32. The standard InChI is InChI=1S/C26H52O2.C26H54O.Al.Li.4H/c1-3-5-7-9-11-13-14-16-18-20-22-25(23-24-26(27)28)21-19-17-15-12-10-8-6-4-2;1-3-5-7-9-11-13-14-16-18-20-23-26(24-21-25-27)22-19-17-15-12-10-8-6-4-2;;;;;;/h25H,3-24H2,1-2H3,(H,27,28);26-27H,3-25H2,1-2H3;;;;;;/q;;;+1;;;;-1. The summed E-state index contributed by atoms with van der Waals surface area (Å²) >= 11 is 0. The van der Waals surface area contributed by atoms with Crippen molar-refractivity contribution in [2.24, 2.45) is 11.8 Å². The van der Waals surface area contributed by atoms with E-state index < -0.39 is 5.97 Å². The normalized spacial score (nSPS) is 12.0. The van der Waals surface area contributed by atoms with Crippen LogP contribution in [-0.4, -0.2) is 40.2 Å². The molecule has 0 radical (unpaired) electrons. The van der Waals surface area contributed by atoms with E-state index in [4.69, 9.17) is 5.11 Å². The molecule has 0 aliphatic rings. The average Bonchev–Trinajstić information content (AvgIpc) is 3.18. The Morgan fingerprint density at radius 1 is 0.351 bits per heavy atom. The van der Waals surface area contributed by atoms with Gasteiger partial charge in [0.1, 0.15) is 0 Å². The minimum absolute atomic E-state index is 0. The van der Waals surface area contributed by atoms with Gasteiger partial charge in [0.25, 0.3) is 0 Å². The molecule has 0 saturated heterocycles. The van der Waals surface area contributed by atoms with Crippen LogP contribution in [0.4, 0.5) is 0 Å². The number of aliphatic carboxylic acids is 1. The van der Waals surface area contributed by atoms with Gasteiger partial charge in [0, 0.05) is 13.0 Å². The van der Waals surface area contributed by atoms with E-state index in [9.17, 15) is 9.90 Å². The van der Waals surface area contributed by atoms with Gasteiger partial charge in [-0.25, -0.2) is 0 Å². The van der Waals surface area contributed by atoms with Crippen molar-refractivity contribution < 1.29 is 35.3 Å². The number of hydrogen-bond donors (Lipinski definition) is 2. The summed E-state index contributed by atoms with van der Waals surface area (Å²) in [5.41, 5.74) is 0. The minimum Gasteiger partial charge on any atom is -1.00 e. The third kappa shape index (κ3) is 58.7. The van der Waals surface area contributed by atoms with Gasteiger partial charge in [0.05, 0.1) is 0 Å². The Balaban J connectivity index is -0.000000307. The molecule has 0 aliphatic carbocycles. The van der Waals surface area contributed by atoms with E-state index in [1.54, 1.807) is 0 Å². The molecule has 0 aromatic rings. The van der Waals surface area contributed by atoms with Gasteiger partial charge < -0.3 is 11.6 Å². The third-order valence-corrected chi connectivity index (χ3v) is 12.4. The Labute approximate surface area is 385 Å². The first-order chi connectivity index (χ1) is 27.0. The van der Waals surface area contributed by atoms with Crippen LogP contribution in [0.5, 0.6) is 0 Å². The molecule has 0 rings (SSSR count). The van der Waals surface area contributed by atoms with Gasteiger partial charge in [-0.1, -0.05) is 285 Å². The average molecular weight is 817 g/mol. The SMILES string of the molecule is CCCCCCCCCCCCC(CCCCCCCCCC)CCC(=O)O.CCCCCCCCCCCCC(CCCO)CCCCCCCCCC.[AlH3].[H-].[Li+]. The first-order valence-corrected chi connectivity index (χ1v) is 25.9. The van der Waals surface area contributed by atoms with Gasteiger partial charge in [0.2, 0.25) is 0 Å². The van der Waals surface area contributed by atoms with Crippen molar-refractivity contribution in [1.82, 2.24) is 0 Å². The van der Waals surface area contributed by atoms with Gasteiger partial charge in [0.15, 0.2) is 17.4 Å². The Kier molecular flexibility index (Phi) is 66.0. The van der Waals surface area contributed by atoms with Crippen LogP contribution < -0.4 is 18.9 Å². The summed E-state index contributed by atoms with van der Waals surface area (Å²) in [4.78, 5) is 10.9. The van der Waals surface area contributed by atoms with Crippen LogP contribution in [0, 0.1) is 11.8 Å². The minimum atomic E-state index is -0.621. The van der Waals surface area contributed by atoms with E-state index in [-0.39, 0.29) is 37.6 Å². The van der Waals surface area contributed by atoms with E-state index in [2.05, 4.69) is 27.7 Å². The third-order valence-electron chi connectivity index (χ3n) is 12.4. The molecule has 0 bridgehead atoms. The number of carbonyl (C=O) groups is 1. The largest absolute Gasteiger partial charge is 1.00 e. The molecule has 0 fully saturated rings. The predicted molar refractivity (Wildman–Crippen MR) is 259 cm³/mol. The zero-order valence-corrected chi connectivity index (χ0v) is 39.8. The van der Waals surface area contributed by atoms with Gasteiger partial charge in [-0.15, -0.1) is 0 Å². The van der Waals surface area contributed by atoms with Crippen LogP contribution in [0.1, 0.15) is 312 Å². The second-order valence-electron chi connectivity index (χ2n) is 18.0. The molecule has 2 unspecified atom stereocenters. The summed E-state index contributed by atoms with van der Waals surface area (Å²) in [6, 6.07) is 0. The molecular formula is C52H110AlLiO3. The van der Waals surface area contributed by atoms with Crippen molar-refractivity contribution in [2.45, 2.75) is 310 Å². The number of carboxylic acid groups (broad SMARTS) is 1. The van der Waals surface area contributed by atoms with Crippen LogP contribution in [0.3, 0.4) is 0 Å². The number of aliphatic hydroxyl groups is 1. The fourth-order valence-electron chi connectivity index (χ4n) is 8.55. The summed E-state index contributed by atoms with van der Waals surface area (Å²) in [7, 11) is 0. The number of carboxylic acids is 1. The molecule has 0 spiro atoms. The summed E-state index contributed by atoms with van der Waals surface area (Å²) < 4.78 is 0. The van der Waals surface area contributed by atoms with Crippen molar-refractivity contribution in [2.75, 3.05) is 6.61 Å². The van der Waals surface area contributed by atoms with E-state index >= 15 is 0 Å². The molecule has 3 nitrogen and oxygen atoms in total. The van der Waals surface area contributed by atoms with E-state index in [0.29, 0.717) is 18.9 Å². The van der Waals surface area contributed by atoms with Crippen LogP contribution in [-0.2, 0) is 4.79 Å². The molecule has 0 aromatic heterocycles. The summed E-state index contributed by atoms with van der Waals surface area (Å²) in [6.45, 7) is 9.51. The fourth-order valence-corrected chi connectivity index (χ4v) is 8.55. The van der Waals surface area contributed by atoms with Gasteiger partial charge in [-0.2, -0.15) is 0 Å². The molecule has 340 valence electrons. The van der Waals surface area contributed by atoms with Crippen molar-refractivity contribution in [3.05, 3.63) is 0 Å². The topological polar surface area (TPSA) is 57.5 Å². The zero-order valence-electron chi connectivity index (χ0n) is 40.8. The predicted octanol–water partition coefficient (Wildman–Crippen LogP) is 14.5. The van der Waals surface area contributed by atoms with E-state index in [1.807, 2.05) is 0 Å². The van der Waals surface area contributed by atoms with Crippen LogP contribution >= 0.6 is 0 Å². The number of hydrogen-bond acceptors (Lipinski definition) is 2. The van der Waals surface area contributed by atoms with E-state index in [1.165, 1.54) is 263 Å². The van der Waals surface area contributed by atoms with Crippen molar-refractivity contribution in [3.63, 3.8) is 0 Å². The molecule has 0 heterocycles. The Morgan fingerprint density at radius 2 is 0.544 bits per heavy atom. The maximum absolute atomic E-state index is 10.9. The monoisotopic (exact) mass is 817 g/mol. The van der Waals surface area contributed by atoms with Gasteiger partial charge in [-0.05, 0) is 31.1 Å². The zero-order chi connectivity index (χ0) is 40.6. The maximum atomic E-state index is 10.9. The van der Waals surface area contributed by atoms with Gasteiger partial charge >= 0.3 is 24.8 Å². The molecule has 2 atom stereocenters. The second kappa shape index (κ2) is 58.7. The Bertz CT molecular complexity index is 700. The van der Waals surface area contributed by atoms with E-state index in [0.717, 1.165) is 18.8 Å². The molecular weight excluding hydrogens is 706 g/mol. The maximum Gasteiger partial charge on any atom is 1.00 e. The first-order valence-electron chi connectivity index (χ1n) is 25.9. The van der Waals surface area contributed by atoms with Gasteiger partial charge in [-0.3, -0.25) is 4.79 Å². The number of rotatable bonds is 46. The fraction of sp³-hybridized carbons (Fsp3) is 0.981. The summed E-state index contributed by atoms with van der Waals surface area (Å²) in [5.74, 6) is 0.903. The van der Waals surface area contributed by atoms with Crippen LogP contribution in [0.15, 0.2) is 0 Å². The van der Waals surface area contributed by atoms with Crippen LogP contribution in [0.2, 0.25) is 0 Å². The van der Waals surface area contributed by atoms with Crippen LogP contribution in [0.25, 0.3) is 0 Å². The second-order valence-corrected chi connectivity index (χ2v) is 18.0.